The second kappa shape index (κ2) is 5.19. The van der Waals surface area contributed by atoms with E-state index in [1.165, 1.54) is 18.3 Å². The fourth-order valence-electron chi connectivity index (χ4n) is 2.39. The van der Waals surface area contributed by atoms with Crippen molar-refractivity contribution in [2.24, 2.45) is 5.92 Å². The molecule has 1 saturated heterocycles. The van der Waals surface area contributed by atoms with Crippen LogP contribution in [0.25, 0.3) is 0 Å². The molecule has 20 heavy (non-hydrogen) atoms. The van der Waals surface area contributed by atoms with Crippen molar-refractivity contribution < 1.29 is 18.3 Å². The highest BCUT2D eigenvalue weighted by Gasteiger charge is 2.42. The van der Waals surface area contributed by atoms with Gasteiger partial charge in [-0.05, 0) is 25.5 Å². The van der Waals surface area contributed by atoms with Gasteiger partial charge in [-0.25, -0.2) is 13.4 Å². The molecule has 2 atom stereocenters. The standard InChI is InChI=1S/C12H13N3O4S/c1-8-9(12(16)17)4-6-15(8)20(18,19)11-3-2-5-14-10(11)7-13/h2-3,5,8-9H,4,6H2,1H3,(H,16,17). The Morgan fingerprint density at radius 3 is 2.85 bits per heavy atom. The van der Waals surface area contributed by atoms with E-state index in [1.54, 1.807) is 13.0 Å². The number of nitrogens with zero attached hydrogens (tertiary/aromatic N) is 3. The zero-order chi connectivity index (χ0) is 14.9. The molecule has 0 aliphatic carbocycles. The van der Waals surface area contributed by atoms with Gasteiger partial charge in [0, 0.05) is 18.8 Å². The van der Waals surface area contributed by atoms with Gasteiger partial charge in [-0.2, -0.15) is 9.57 Å². The first-order chi connectivity index (χ1) is 9.39. The molecular formula is C12H13N3O4S. The van der Waals surface area contributed by atoms with Crippen LogP contribution >= 0.6 is 0 Å². The molecule has 0 aromatic carbocycles. The van der Waals surface area contributed by atoms with E-state index in [-0.39, 0.29) is 23.6 Å². The number of carboxylic acids is 1. The predicted molar refractivity (Wildman–Crippen MR) is 68.0 cm³/mol. The average molecular weight is 295 g/mol. The summed E-state index contributed by atoms with van der Waals surface area (Å²) in [6, 6.07) is 3.83. The van der Waals surface area contributed by atoms with Crippen LogP contribution in [-0.2, 0) is 14.8 Å². The summed E-state index contributed by atoms with van der Waals surface area (Å²) in [5.41, 5.74) is -0.182. The molecule has 0 spiro atoms. The third-order valence-electron chi connectivity index (χ3n) is 3.48. The summed E-state index contributed by atoms with van der Waals surface area (Å²) < 4.78 is 26.2. The molecule has 0 saturated carbocycles. The highest BCUT2D eigenvalue weighted by Crippen LogP contribution is 2.30. The van der Waals surface area contributed by atoms with Crippen molar-refractivity contribution in [3.63, 3.8) is 0 Å². The van der Waals surface area contributed by atoms with Gasteiger partial charge >= 0.3 is 5.97 Å². The molecule has 8 heteroatoms. The minimum atomic E-state index is -3.91. The molecule has 0 radical (unpaired) electrons. The van der Waals surface area contributed by atoms with Gasteiger partial charge in [0.05, 0.1) is 5.92 Å². The van der Waals surface area contributed by atoms with Gasteiger partial charge in [-0.1, -0.05) is 0 Å². The summed E-state index contributed by atoms with van der Waals surface area (Å²) in [7, 11) is -3.91. The molecule has 7 nitrogen and oxygen atoms in total. The number of carbonyl (C=O) groups is 1. The maximum Gasteiger partial charge on any atom is 0.308 e. The Morgan fingerprint density at radius 1 is 1.60 bits per heavy atom. The highest BCUT2D eigenvalue weighted by atomic mass is 32.2. The molecule has 1 N–H and O–H groups in total. The molecular weight excluding hydrogens is 282 g/mol. The summed E-state index contributed by atoms with van der Waals surface area (Å²) in [6.45, 7) is 1.69. The van der Waals surface area contributed by atoms with Crippen LogP contribution in [0.15, 0.2) is 23.2 Å². The quantitative estimate of drug-likeness (QED) is 0.866. The van der Waals surface area contributed by atoms with E-state index in [1.807, 2.05) is 0 Å². The first kappa shape index (κ1) is 14.4. The summed E-state index contributed by atoms with van der Waals surface area (Å²) in [6.07, 6.45) is 1.60. The third kappa shape index (κ3) is 2.26. The molecule has 0 bridgehead atoms. The van der Waals surface area contributed by atoms with E-state index in [0.717, 1.165) is 4.31 Å². The van der Waals surface area contributed by atoms with E-state index in [4.69, 9.17) is 10.4 Å². The van der Waals surface area contributed by atoms with Crippen molar-refractivity contribution in [3.05, 3.63) is 24.0 Å². The second-order valence-electron chi connectivity index (χ2n) is 4.55. The summed E-state index contributed by atoms with van der Waals surface area (Å²) in [5.74, 6) is -1.74. The lowest BCUT2D eigenvalue weighted by Crippen LogP contribution is -2.38. The predicted octanol–water partition coefficient (Wildman–Crippen LogP) is 0.437. The van der Waals surface area contributed by atoms with Gasteiger partial charge in [0.25, 0.3) is 0 Å². The van der Waals surface area contributed by atoms with Crippen LogP contribution in [0, 0.1) is 17.2 Å². The average Bonchev–Trinajstić information content (AvgIpc) is 2.81. The van der Waals surface area contributed by atoms with Crippen molar-refractivity contribution in [3.8, 4) is 6.07 Å². The van der Waals surface area contributed by atoms with E-state index in [2.05, 4.69) is 4.98 Å². The lowest BCUT2D eigenvalue weighted by molar-refractivity contribution is -0.142. The number of rotatable bonds is 3. The van der Waals surface area contributed by atoms with Crippen LogP contribution in [0.2, 0.25) is 0 Å². The minimum absolute atomic E-state index is 0.125. The Bertz CT molecular complexity index is 680. The minimum Gasteiger partial charge on any atom is -0.481 e. The van der Waals surface area contributed by atoms with E-state index < -0.39 is 28.0 Å². The number of sulfonamides is 1. The molecule has 106 valence electrons. The Kier molecular flexibility index (Phi) is 3.74. The molecule has 0 amide bonds. The summed E-state index contributed by atoms with van der Waals surface area (Å²) in [5, 5.41) is 18.0. The second-order valence-corrected chi connectivity index (χ2v) is 6.41. The first-order valence-corrected chi connectivity index (χ1v) is 7.43. The van der Waals surface area contributed by atoms with Crippen molar-refractivity contribution >= 4 is 16.0 Å². The van der Waals surface area contributed by atoms with Crippen LogP contribution in [0.5, 0.6) is 0 Å². The van der Waals surface area contributed by atoms with E-state index in [0.29, 0.717) is 0 Å². The van der Waals surface area contributed by atoms with Crippen LogP contribution in [0.1, 0.15) is 19.0 Å². The lowest BCUT2D eigenvalue weighted by atomic mass is 10.0. The molecule has 2 unspecified atom stereocenters. The number of nitriles is 1. The lowest BCUT2D eigenvalue weighted by Gasteiger charge is -2.22. The number of carboxylic acid groups (broad SMARTS) is 1. The largest absolute Gasteiger partial charge is 0.481 e. The maximum absolute atomic E-state index is 12.5. The molecule has 1 fully saturated rings. The fraction of sp³-hybridized carbons (Fsp3) is 0.417. The molecule has 1 aliphatic rings. The van der Waals surface area contributed by atoms with Gasteiger partial charge in [0.15, 0.2) is 5.69 Å². The third-order valence-corrected chi connectivity index (χ3v) is 5.50. The van der Waals surface area contributed by atoms with Crippen molar-refractivity contribution in [1.29, 1.82) is 5.26 Å². The number of aromatic nitrogens is 1. The van der Waals surface area contributed by atoms with Crippen molar-refractivity contribution in [2.75, 3.05) is 6.54 Å². The smallest absolute Gasteiger partial charge is 0.308 e. The van der Waals surface area contributed by atoms with Crippen molar-refractivity contribution in [2.45, 2.75) is 24.3 Å². The van der Waals surface area contributed by atoms with Crippen LogP contribution in [0.4, 0.5) is 0 Å². The Labute approximate surface area is 116 Å². The number of pyridine rings is 1. The van der Waals surface area contributed by atoms with Crippen molar-refractivity contribution in [1.82, 2.24) is 9.29 Å². The molecule has 1 aromatic heterocycles. The van der Waals surface area contributed by atoms with Gasteiger partial charge in [0.2, 0.25) is 10.0 Å². The van der Waals surface area contributed by atoms with Crippen LogP contribution < -0.4 is 0 Å². The molecule has 1 aromatic rings. The van der Waals surface area contributed by atoms with Gasteiger partial charge in [0.1, 0.15) is 11.0 Å². The van der Waals surface area contributed by atoms with Gasteiger partial charge in [-0.3, -0.25) is 4.79 Å². The van der Waals surface area contributed by atoms with Gasteiger partial charge in [-0.15, -0.1) is 0 Å². The topological polar surface area (TPSA) is 111 Å². The zero-order valence-electron chi connectivity index (χ0n) is 10.7. The van der Waals surface area contributed by atoms with E-state index in [9.17, 15) is 13.2 Å². The molecule has 2 heterocycles. The van der Waals surface area contributed by atoms with Crippen LogP contribution in [-0.4, -0.2) is 41.4 Å². The SMILES string of the molecule is CC1C(C(=O)O)CCN1S(=O)(=O)c1cccnc1C#N. The zero-order valence-corrected chi connectivity index (χ0v) is 11.5. The summed E-state index contributed by atoms with van der Waals surface area (Å²) in [4.78, 5) is 14.6. The Hall–Kier alpha value is -1.98. The Balaban J connectivity index is 2.42. The maximum atomic E-state index is 12.5. The normalized spacial score (nSPS) is 23.4. The van der Waals surface area contributed by atoms with Crippen LogP contribution in [0.3, 0.4) is 0 Å². The van der Waals surface area contributed by atoms with Gasteiger partial charge < -0.3 is 5.11 Å². The fourth-order valence-corrected chi connectivity index (χ4v) is 4.17. The molecule has 2 rings (SSSR count). The first-order valence-electron chi connectivity index (χ1n) is 5.99. The highest BCUT2D eigenvalue weighted by molar-refractivity contribution is 7.89. The molecule has 1 aliphatic heterocycles. The number of hydrogen-bond acceptors (Lipinski definition) is 5. The summed E-state index contributed by atoms with van der Waals surface area (Å²) >= 11 is 0. The van der Waals surface area contributed by atoms with E-state index >= 15 is 0 Å². The monoisotopic (exact) mass is 295 g/mol. The number of aliphatic carboxylic acids is 1. The number of hydrogen-bond donors (Lipinski definition) is 1. The Morgan fingerprint density at radius 2 is 2.30 bits per heavy atom.